The van der Waals surface area contributed by atoms with Gasteiger partial charge in [-0.05, 0) is 83.2 Å². The van der Waals surface area contributed by atoms with Gasteiger partial charge >= 0.3 is 0 Å². The van der Waals surface area contributed by atoms with Crippen molar-refractivity contribution < 1.29 is 23.8 Å². The molecule has 0 radical (unpaired) electrons. The van der Waals surface area contributed by atoms with Crippen LogP contribution in [0, 0.1) is 12.7 Å². The average molecular weight is 578 g/mol. The molecule has 224 valence electrons. The fraction of sp³-hybridized carbons (Fsp3) is 0.500. The zero-order valence-electron chi connectivity index (χ0n) is 24.7. The van der Waals surface area contributed by atoms with E-state index in [1.807, 2.05) is 27.7 Å². The summed E-state index contributed by atoms with van der Waals surface area (Å²) in [7, 11) is 0. The maximum Gasteiger partial charge on any atom is 0.251 e. The lowest BCUT2D eigenvalue weighted by atomic mass is 9.78. The molecule has 1 saturated carbocycles. The van der Waals surface area contributed by atoms with Crippen molar-refractivity contribution in [1.82, 2.24) is 25.5 Å². The first-order valence-electron chi connectivity index (χ1n) is 14.5. The largest absolute Gasteiger partial charge is 0.489 e. The summed E-state index contributed by atoms with van der Waals surface area (Å²) < 4.78 is 20.3. The highest BCUT2D eigenvalue weighted by molar-refractivity contribution is 5.99. The third-order valence-electron chi connectivity index (χ3n) is 8.57. The number of aliphatic hydroxyl groups is 1. The number of benzene rings is 1. The Morgan fingerprint density at radius 3 is 2.62 bits per heavy atom. The van der Waals surface area contributed by atoms with E-state index in [2.05, 4.69) is 25.5 Å². The van der Waals surface area contributed by atoms with Crippen LogP contribution in [0.3, 0.4) is 0 Å². The van der Waals surface area contributed by atoms with Crippen LogP contribution in [0.1, 0.15) is 69.7 Å². The summed E-state index contributed by atoms with van der Waals surface area (Å²) in [6.07, 6.45) is 11.2. The molecule has 42 heavy (non-hydrogen) atoms. The summed E-state index contributed by atoms with van der Waals surface area (Å²) in [5.41, 5.74) is -0.107. The van der Waals surface area contributed by atoms with Crippen molar-refractivity contribution in [2.75, 3.05) is 19.7 Å². The van der Waals surface area contributed by atoms with Gasteiger partial charge in [0.15, 0.2) is 0 Å². The first-order valence-corrected chi connectivity index (χ1v) is 14.5. The van der Waals surface area contributed by atoms with Crippen LogP contribution in [0.4, 0.5) is 4.39 Å². The van der Waals surface area contributed by atoms with Crippen LogP contribution in [-0.2, 0) is 19.9 Å². The number of halogens is 1. The van der Waals surface area contributed by atoms with Crippen molar-refractivity contribution in [3.8, 4) is 0 Å². The molecule has 5 rings (SSSR count). The van der Waals surface area contributed by atoms with Gasteiger partial charge in [0.2, 0.25) is 5.91 Å². The van der Waals surface area contributed by atoms with E-state index in [-0.39, 0.29) is 30.9 Å². The number of hydrogen-bond acceptors (Lipinski definition) is 7. The molecule has 0 spiro atoms. The maximum absolute atomic E-state index is 14.7. The van der Waals surface area contributed by atoms with E-state index in [1.54, 1.807) is 42.9 Å². The minimum absolute atomic E-state index is 0.0797. The van der Waals surface area contributed by atoms with Crippen molar-refractivity contribution in [3.05, 3.63) is 77.2 Å². The second-order valence-electron chi connectivity index (χ2n) is 12.8. The molecule has 2 aliphatic heterocycles. The number of amides is 2. The van der Waals surface area contributed by atoms with Gasteiger partial charge in [-0.3, -0.25) is 24.5 Å². The first-order chi connectivity index (χ1) is 19.8. The highest BCUT2D eigenvalue weighted by atomic mass is 19.1. The maximum atomic E-state index is 14.7. The average Bonchev–Trinajstić information content (AvgIpc) is 2.92. The lowest BCUT2D eigenvalue weighted by Gasteiger charge is -2.55. The fourth-order valence-corrected chi connectivity index (χ4v) is 6.11. The second kappa shape index (κ2) is 11.6. The van der Waals surface area contributed by atoms with E-state index in [4.69, 9.17) is 4.74 Å². The van der Waals surface area contributed by atoms with Crippen LogP contribution >= 0.6 is 0 Å². The Balaban J connectivity index is 1.32. The summed E-state index contributed by atoms with van der Waals surface area (Å²) >= 11 is 0. The molecule has 2 fully saturated rings. The smallest absolute Gasteiger partial charge is 0.251 e. The Morgan fingerprint density at radius 2 is 1.95 bits per heavy atom. The summed E-state index contributed by atoms with van der Waals surface area (Å²) in [5, 5.41) is 16.6. The number of aryl methyl sites for hydroxylation is 1. The predicted octanol–water partition coefficient (Wildman–Crippen LogP) is 3.53. The monoisotopic (exact) mass is 577 g/mol. The normalized spacial score (nSPS) is 24.0. The van der Waals surface area contributed by atoms with Gasteiger partial charge in [-0.1, -0.05) is 6.07 Å². The number of hydrogen-bond donors (Lipinski definition) is 3. The molecule has 1 aliphatic carbocycles. The Morgan fingerprint density at radius 1 is 1.21 bits per heavy atom. The predicted molar refractivity (Wildman–Crippen MR) is 156 cm³/mol. The molecule has 1 aromatic heterocycles. The number of likely N-dealkylation sites (tertiary alicyclic amines) is 1. The Bertz CT molecular complexity index is 1390. The van der Waals surface area contributed by atoms with Crippen molar-refractivity contribution >= 4 is 17.6 Å². The lowest BCUT2D eigenvalue weighted by Crippen LogP contribution is -2.73. The highest BCUT2D eigenvalue weighted by Gasteiger charge is 2.49. The van der Waals surface area contributed by atoms with Crippen LogP contribution < -0.4 is 10.6 Å². The highest BCUT2D eigenvalue weighted by Crippen LogP contribution is 2.36. The van der Waals surface area contributed by atoms with Gasteiger partial charge < -0.3 is 20.5 Å². The molecule has 3 heterocycles. The van der Waals surface area contributed by atoms with Crippen molar-refractivity contribution in [3.63, 3.8) is 0 Å². The molecule has 3 N–H and O–H groups in total. The quantitative estimate of drug-likeness (QED) is 0.440. The van der Waals surface area contributed by atoms with Crippen LogP contribution in [0.15, 0.2) is 54.5 Å². The van der Waals surface area contributed by atoms with E-state index in [0.717, 1.165) is 31.2 Å². The number of rotatable bonds is 8. The van der Waals surface area contributed by atoms with Gasteiger partial charge in [0, 0.05) is 37.1 Å². The molecule has 3 aliphatic rings. The fourth-order valence-electron chi connectivity index (χ4n) is 6.11. The first kappa shape index (κ1) is 29.8. The van der Waals surface area contributed by atoms with Crippen LogP contribution in [0.5, 0.6) is 0 Å². The van der Waals surface area contributed by atoms with Crippen molar-refractivity contribution in [2.24, 2.45) is 0 Å². The molecule has 2 aromatic rings. The molecular formula is C32H40FN5O4. The second-order valence-corrected chi connectivity index (χ2v) is 12.8. The summed E-state index contributed by atoms with van der Waals surface area (Å²) in [6, 6.07) is 5.16. The SMILES string of the molecule is Cc1ccc(C2=CC(C(=O)NC3(CC(=O)NC(C)(C)c4cnccn4)CN(C4CCC(C)(O)CC4)C3)=CCO2)c(F)c1. The third-order valence-corrected chi connectivity index (χ3v) is 8.57. The Hall–Kier alpha value is -3.63. The van der Waals surface area contributed by atoms with E-state index < -0.39 is 22.5 Å². The standard InChI is InChI=1S/C32H40FN5O4/c1-21-5-6-24(25(33)15-21)26-16-22(9-14-42-26)29(40)37-32(19-38(20-32)23-7-10-31(4,41)11-8-23)17-28(39)36-30(2,3)27-18-34-12-13-35-27/h5-6,9,12-13,15-16,18,23,41H,7-8,10-11,14,17,19-20H2,1-4H3,(H,36,39)(H,37,40). The zero-order chi connectivity index (χ0) is 30.1. The zero-order valence-corrected chi connectivity index (χ0v) is 24.7. The van der Waals surface area contributed by atoms with E-state index in [1.165, 1.54) is 6.07 Å². The van der Waals surface area contributed by atoms with Gasteiger partial charge in [0.25, 0.3) is 5.91 Å². The van der Waals surface area contributed by atoms with Crippen molar-refractivity contribution in [2.45, 2.75) is 82.5 Å². The molecular weight excluding hydrogens is 537 g/mol. The third kappa shape index (κ3) is 6.71. The number of ether oxygens (including phenoxy) is 1. The van der Waals surface area contributed by atoms with Crippen LogP contribution in [0.2, 0.25) is 0 Å². The molecule has 0 atom stereocenters. The molecule has 9 nitrogen and oxygen atoms in total. The molecule has 1 aromatic carbocycles. The number of carbonyl (C=O) groups is 2. The number of nitrogens with zero attached hydrogens (tertiary/aromatic N) is 3. The molecule has 10 heteroatoms. The van der Waals surface area contributed by atoms with Gasteiger partial charge in [-0.2, -0.15) is 0 Å². The van der Waals surface area contributed by atoms with Gasteiger partial charge in [0.1, 0.15) is 18.2 Å². The van der Waals surface area contributed by atoms with Gasteiger partial charge in [-0.15, -0.1) is 0 Å². The number of carbonyl (C=O) groups excluding carboxylic acids is 2. The minimum Gasteiger partial charge on any atom is -0.489 e. The van der Waals surface area contributed by atoms with E-state index in [0.29, 0.717) is 35.7 Å². The van der Waals surface area contributed by atoms with Gasteiger partial charge in [-0.25, -0.2) is 4.39 Å². The topological polar surface area (TPSA) is 117 Å². The summed E-state index contributed by atoms with van der Waals surface area (Å²) in [4.78, 5) is 37.8. The van der Waals surface area contributed by atoms with Crippen molar-refractivity contribution in [1.29, 1.82) is 0 Å². The molecule has 0 unspecified atom stereocenters. The van der Waals surface area contributed by atoms with Crippen LogP contribution in [0.25, 0.3) is 5.76 Å². The van der Waals surface area contributed by atoms with Gasteiger partial charge in [0.05, 0.1) is 40.6 Å². The summed E-state index contributed by atoms with van der Waals surface area (Å²) in [6.45, 7) is 8.57. The molecule has 2 amide bonds. The van der Waals surface area contributed by atoms with E-state index >= 15 is 0 Å². The van der Waals surface area contributed by atoms with E-state index in [9.17, 15) is 19.1 Å². The Kier molecular flexibility index (Phi) is 8.22. The molecule has 1 saturated heterocycles. The van der Waals surface area contributed by atoms with Crippen LogP contribution in [-0.4, -0.2) is 68.7 Å². The lowest BCUT2D eigenvalue weighted by molar-refractivity contribution is -0.131. The number of nitrogens with one attached hydrogen (secondary N) is 2. The molecule has 0 bridgehead atoms. The Labute approximate surface area is 246 Å². The minimum atomic E-state index is -0.790. The summed E-state index contributed by atoms with van der Waals surface area (Å²) in [5.74, 6) is -0.670. The number of aromatic nitrogens is 2.